The van der Waals surface area contributed by atoms with Crippen molar-refractivity contribution in [3.05, 3.63) is 101 Å². The molecule has 3 aliphatic rings. The van der Waals surface area contributed by atoms with Gasteiger partial charge in [0.2, 0.25) is 23.5 Å². The highest BCUT2D eigenvalue weighted by Crippen LogP contribution is 2.42. The van der Waals surface area contributed by atoms with Crippen LogP contribution in [0.3, 0.4) is 0 Å². The molecule has 7 rings (SSSR count). The second-order valence-corrected chi connectivity index (χ2v) is 20.5. The van der Waals surface area contributed by atoms with Crippen molar-refractivity contribution in [2.75, 3.05) is 121 Å². The van der Waals surface area contributed by atoms with Crippen molar-refractivity contribution in [1.29, 1.82) is 0 Å². The summed E-state index contributed by atoms with van der Waals surface area (Å²) in [4.78, 5) is 107. The molecular formula is C63H79N5O20. The van der Waals surface area contributed by atoms with Crippen LogP contribution < -0.4 is 49.1 Å². The molecule has 4 atom stereocenters. The van der Waals surface area contributed by atoms with Crippen LogP contribution in [0.1, 0.15) is 101 Å². The molecule has 2 saturated heterocycles. The second-order valence-electron chi connectivity index (χ2n) is 20.5. The first-order valence-corrected chi connectivity index (χ1v) is 29.3. The van der Waals surface area contributed by atoms with Crippen LogP contribution in [-0.4, -0.2) is 190 Å². The Morgan fingerprint density at radius 1 is 0.625 bits per heavy atom. The first-order valence-electron chi connectivity index (χ1n) is 29.3. The minimum absolute atomic E-state index is 0.00909. The second kappa shape index (κ2) is 34.1. The van der Waals surface area contributed by atoms with Gasteiger partial charge in [0.15, 0.2) is 36.2 Å². The van der Waals surface area contributed by atoms with Gasteiger partial charge in [0.05, 0.1) is 105 Å². The van der Waals surface area contributed by atoms with Crippen LogP contribution in [0.25, 0.3) is 0 Å². The van der Waals surface area contributed by atoms with Crippen molar-refractivity contribution >= 4 is 47.3 Å². The van der Waals surface area contributed by atoms with Crippen LogP contribution in [0.4, 0.5) is 0 Å². The summed E-state index contributed by atoms with van der Waals surface area (Å²) in [5.41, 5.74) is 2.31. The number of fused-ring (bicyclic) bond motifs is 1. The molecule has 25 heteroatoms. The zero-order valence-electron chi connectivity index (χ0n) is 50.6. The van der Waals surface area contributed by atoms with Gasteiger partial charge in [-0.1, -0.05) is 31.2 Å². The van der Waals surface area contributed by atoms with Gasteiger partial charge in [-0.15, -0.1) is 0 Å². The number of amides is 7. The molecule has 0 spiro atoms. The van der Waals surface area contributed by atoms with Gasteiger partial charge >= 0.3 is 5.97 Å². The van der Waals surface area contributed by atoms with Crippen molar-refractivity contribution in [2.45, 2.75) is 82.4 Å². The summed E-state index contributed by atoms with van der Waals surface area (Å²) in [7, 11) is 7.70. The molecule has 7 amide bonds. The van der Waals surface area contributed by atoms with Crippen LogP contribution in [0.5, 0.6) is 40.2 Å². The minimum atomic E-state index is -1.13. The number of carbonyl (C=O) groups is 8. The standard InChI is InChI=1S/C63H79N5O20/c1-7-44(42-36-52(79-4)58(81-6)53(37-42)80-5)60(73)67-26-9-8-12-47(67)63(76)88-48(21-14-40-15-22-49(77-2)51(35-40)78-3)41-16-18-43(19-17-41)86-38-55(70)64-24-27-82-29-31-84-33-34-85-32-30-83-28-25-65-56(71)39-87-50-13-10-11-45-57(50)62(75)68(61(45)74)46-20-23-54(69)66-59(46)72/h10-11,13,15-19,22,35-37,44,46-48H,7-9,12,14,20-21,23-34,38-39H2,1-6H3,(H,64,70)(H,65,71)(H,66,69,72)/t44-,46?,47-,48+/m0/s1. The summed E-state index contributed by atoms with van der Waals surface area (Å²) >= 11 is 0. The summed E-state index contributed by atoms with van der Waals surface area (Å²) < 4.78 is 67.6. The van der Waals surface area contributed by atoms with E-state index in [-0.39, 0.29) is 81.0 Å². The van der Waals surface area contributed by atoms with Crippen LogP contribution in [0, 0.1) is 0 Å². The Kier molecular flexibility index (Phi) is 26.0. The number of hydrogen-bond donors (Lipinski definition) is 3. The maximum atomic E-state index is 14.5. The summed E-state index contributed by atoms with van der Waals surface area (Å²) in [5.74, 6) is -1.87. The van der Waals surface area contributed by atoms with Gasteiger partial charge in [-0.05, 0) is 110 Å². The average Bonchev–Trinajstić information content (AvgIpc) is 3.22. The number of nitrogens with one attached hydrogen (secondary N) is 3. The van der Waals surface area contributed by atoms with Gasteiger partial charge in [-0.3, -0.25) is 43.8 Å². The van der Waals surface area contributed by atoms with Crippen molar-refractivity contribution in [1.82, 2.24) is 25.8 Å². The number of esters is 1. The molecule has 4 aromatic rings. The van der Waals surface area contributed by atoms with Gasteiger partial charge in [0, 0.05) is 26.1 Å². The Morgan fingerprint density at radius 2 is 1.24 bits per heavy atom. The van der Waals surface area contributed by atoms with Crippen molar-refractivity contribution in [3.63, 3.8) is 0 Å². The molecule has 1 unspecified atom stereocenters. The van der Waals surface area contributed by atoms with E-state index in [4.69, 9.17) is 56.8 Å². The van der Waals surface area contributed by atoms with Gasteiger partial charge in [-0.2, -0.15) is 0 Å². The number of hydrogen-bond acceptors (Lipinski definition) is 20. The van der Waals surface area contributed by atoms with E-state index in [0.717, 1.165) is 23.3 Å². The van der Waals surface area contributed by atoms with Crippen molar-refractivity contribution < 1.29 is 95.2 Å². The normalized spacial score (nSPS) is 16.2. The molecule has 0 aliphatic carbocycles. The Morgan fingerprint density at radius 3 is 1.83 bits per heavy atom. The fraction of sp³-hybridized carbons (Fsp3) is 0.492. The largest absolute Gasteiger partial charge is 0.493 e. The number of ether oxygens (including phenoxy) is 12. The van der Waals surface area contributed by atoms with Crippen LogP contribution in [0.15, 0.2) is 72.8 Å². The number of imide groups is 2. The molecule has 0 radical (unpaired) electrons. The van der Waals surface area contributed by atoms with Crippen LogP contribution >= 0.6 is 0 Å². The molecule has 88 heavy (non-hydrogen) atoms. The average molecular weight is 1230 g/mol. The lowest BCUT2D eigenvalue weighted by Gasteiger charge is -2.37. The van der Waals surface area contributed by atoms with Gasteiger partial charge < -0.3 is 72.4 Å². The predicted octanol–water partition coefficient (Wildman–Crippen LogP) is 4.68. The van der Waals surface area contributed by atoms with E-state index >= 15 is 0 Å². The molecule has 476 valence electrons. The number of aryl methyl sites for hydroxylation is 1. The molecule has 0 saturated carbocycles. The summed E-state index contributed by atoms with van der Waals surface area (Å²) in [6.45, 7) is 4.30. The molecule has 3 aliphatic heterocycles. The number of methoxy groups -OCH3 is 5. The number of carbonyl (C=O) groups excluding carboxylic acids is 8. The molecule has 25 nitrogen and oxygen atoms in total. The van der Waals surface area contributed by atoms with Gasteiger partial charge in [0.1, 0.15) is 29.7 Å². The molecule has 0 bridgehead atoms. The van der Waals surface area contributed by atoms with E-state index in [2.05, 4.69) is 16.0 Å². The monoisotopic (exact) mass is 1230 g/mol. The minimum Gasteiger partial charge on any atom is -0.493 e. The summed E-state index contributed by atoms with van der Waals surface area (Å²) in [6.07, 6.45) is 2.60. The number of benzene rings is 4. The van der Waals surface area contributed by atoms with E-state index in [9.17, 15) is 38.4 Å². The predicted molar refractivity (Wildman–Crippen MR) is 315 cm³/mol. The molecule has 0 aromatic heterocycles. The fourth-order valence-electron chi connectivity index (χ4n) is 10.4. The quantitative estimate of drug-likeness (QED) is 0.0316. The van der Waals surface area contributed by atoms with Crippen molar-refractivity contribution in [2.24, 2.45) is 0 Å². The molecule has 3 N–H and O–H groups in total. The summed E-state index contributed by atoms with van der Waals surface area (Å²) in [6, 6.07) is 18.7. The first-order chi connectivity index (χ1) is 42.7. The van der Waals surface area contributed by atoms with Crippen LogP contribution in [0.2, 0.25) is 0 Å². The highest BCUT2D eigenvalue weighted by Gasteiger charge is 2.46. The topological polar surface area (TPSA) is 290 Å². The third-order valence-corrected chi connectivity index (χ3v) is 14.9. The molecular weight excluding hydrogens is 1150 g/mol. The highest BCUT2D eigenvalue weighted by molar-refractivity contribution is 6.24. The lowest BCUT2D eigenvalue weighted by molar-refractivity contribution is -0.162. The Bertz CT molecular complexity index is 3020. The third kappa shape index (κ3) is 18.0. The summed E-state index contributed by atoms with van der Waals surface area (Å²) in [5, 5.41) is 7.57. The zero-order chi connectivity index (χ0) is 63.0. The molecule has 4 aromatic carbocycles. The van der Waals surface area contributed by atoms with E-state index < -0.39 is 66.2 Å². The molecule has 2 fully saturated rings. The third-order valence-electron chi connectivity index (χ3n) is 14.9. The van der Waals surface area contributed by atoms with Crippen LogP contribution in [-0.2, 0) is 58.9 Å². The van der Waals surface area contributed by atoms with E-state index in [1.165, 1.54) is 39.5 Å². The van der Waals surface area contributed by atoms with Gasteiger partial charge in [-0.25, -0.2) is 4.79 Å². The Balaban J connectivity index is 0.763. The van der Waals surface area contributed by atoms with Crippen molar-refractivity contribution in [3.8, 4) is 40.2 Å². The lowest BCUT2D eigenvalue weighted by atomic mass is 9.91. The van der Waals surface area contributed by atoms with E-state index in [1.54, 1.807) is 55.5 Å². The zero-order valence-corrected chi connectivity index (χ0v) is 50.6. The lowest BCUT2D eigenvalue weighted by Crippen LogP contribution is -2.54. The van der Waals surface area contributed by atoms with E-state index in [1.807, 2.05) is 25.1 Å². The Hall–Kier alpha value is -8.52. The Labute approximate surface area is 511 Å². The highest BCUT2D eigenvalue weighted by atomic mass is 16.6. The SMILES string of the molecule is CC[C@H](C(=O)N1CCCC[C@H]1C(=O)O[C@H](CCc1ccc(OC)c(OC)c1)c1ccc(OCC(=O)NCCOCCOCCOCCOCCNC(=O)COc2cccc3c2C(=O)N(C2CCC(=O)NC2=O)C3=O)cc1)c1cc(OC)c(OC)c(OC)c1. The van der Waals surface area contributed by atoms with E-state index in [0.29, 0.717) is 111 Å². The first kappa shape index (κ1) is 67.0. The van der Waals surface area contributed by atoms with Gasteiger partial charge in [0.25, 0.3) is 23.6 Å². The molecule has 3 heterocycles. The maximum Gasteiger partial charge on any atom is 0.329 e. The number of nitrogens with zero attached hydrogens (tertiary/aromatic N) is 2. The smallest absolute Gasteiger partial charge is 0.329 e. The number of likely N-dealkylation sites (tertiary alicyclic amines) is 1. The maximum absolute atomic E-state index is 14.5. The number of rotatable bonds is 36. The fourth-order valence-corrected chi connectivity index (χ4v) is 10.4. The number of piperidine rings is 2.